The van der Waals surface area contributed by atoms with Crippen LogP contribution in [0.4, 0.5) is 0 Å². The molecule has 8 aromatic heterocycles. The van der Waals surface area contributed by atoms with E-state index in [-0.39, 0.29) is 99.6 Å². The number of aliphatic hydroxyl groups excluding tert-OH is 5. The number of pyridine rings is 4. The molecule has 23 nitrogen and oxygen atoms in total. The summed E-state index contributed by atoms with van der Waals surface area (Å²) in [5.41, 5.74) is 13.1. The largest absolute Gasteiger partial charge is 2.00 e. The number of benzene rings is 8. The van der Waals surface area contributed by atoms with Gasteiger partial charge >= 0.3 is 23.1 Å². The summed E-state index contributed by atoms with van der Waals surface area (Å²) >= 11 is 0. The molecule has 4 aliphatic carbocycles. The van der Waals surface area contributed by atoms with Crippen molar-refractivity contribution in [2.24, 2.45) is 0 Å². The molecule has 674 valence electrons. The van der Waals surface area contributed by atoms with E-state index in [1.807, 2.05) is 153 Å². The average Bonchev–Trinajstić information content (AvgIpc) is 0.763. The normalized spacial score (nSPS) is 18.8. The fraction of sp³-hybridized carbons (Fsp3) is 0.327. The van der Waals surface area contributed by atoms with Crippen molar-refractivity contribution >= 4 is 121 Å². The molecule has 25 heteroatoms. The Kier molecular flexibility index (Phi) is 30.7. The molecule has 132 heavy (non-hydrogen) atoms. The van der Waals surface area contributed by atoms with E-state index >= 15 is 0 Å². The predicted octanol–water partition coefficient (Wildman–Crippen LogP) is 14.6. The fourth-order valence-electron chi connectivity index (χ4n) is 19.5. The Hall–Kier alpha value is -11.6. The van der Waals surface area contributed by atoms with Crippen LogP contribution in [0, 0.1) is 7.43 Å². The fourth-order valence-corrected chi connectivity index (χ4v) is 19.5. The summed E-state index contributed by atoms with van der Waals surface area (Å²) in [6.45, 7) is 12.5. The minimum atomic E-state index is -0.991. The average molecular weight is 1850 g/mol. The Balaban J connectivity index is 0.000000141. The summed E-state index contributed by atoms with van der Waals surface area (Å²) in [7, 11) is 0. The first-order chi connectivity index (χ1) is 62.4. The molecule has 4 fully saturated rings. The van der Waals surface area contributed by atoms with Crippen molar-refractivity contribution in [3.05, 3.63) is 343 Å². The topological polar surface area (TPSA) is 330 Å². The molecule has 0 spiro atoms. The van der Waals surface area contributed by atoms with Crippen LogP contribution in [0.5, 0.6) is 0 Å². The molecule has 0 saturated heterocycles. The summed E-state index contributed by atoms with van der Waals surface area (Å²) in [4.78, 5) is 102. The number of rotatable bonds is 16. The third-order valence-electron chi connectivity index (χ3n) is 26.5. The third kappa shape index (κ3) is 20.5. The summed E-state index contributed by atoms with van der Waals surface area (Å²) in [6.07, 6.45) is 27.4. The van der Waals surface area contributed by atoms with Gasteiger partial charge in [0.2, 0.25) is 0 Å². The van der Waals surface area contributed by atoms with Gasteiger partial charge in [0, 0.05) is 53.3 Å². The van der Waals surface area contributed by atoms with Gasteiger partial charge in [-0.1, -0.05) is 179 Å². The second-order valence-electron chi connectivity index (χ2n) is 35.9. The molecule has 16 aromatic rings. The van der Waals surface area contributed by atoms with E-state index in [1.54, 1.807) is 89.0 Å². The van der Waals surface area contributed by atoms with Crippen molar-refractivity contribution in [3.8, 4) is 0 Å². The Morgan fingerprint density at radius 3 is 0.879 bits per heavy atom. The standard InChI is InChI=1S/C27H29N3O3.C27H27N3O2.C26H27N3O3.C26H25N3O3.CH3.BrH.Mg/c1-27(2,33)24-12-11-17(15-28-24)13-18-14-21-25(20-8-4-3-7-19(18)20)29-16-30(26(21)32)22-9-5-6-10-23(22)31;1-17(2)23-12-11-18(15-28-23)13-19-14-22-26(21-8-4-3-7-20(19)21)29-16-30(27(22)32)24-9-5-6-10-25(24)31;2*1-16(30)22-11-10-17(14-27-22)12-18-13-21-25(20-7-3-2-6-19(18)20)28-15-29(26(21)32)23-8-4-5-9-24(23)31;;;/h3-4,7-8,11-12,14-16,22-23,31,33H,5-6,9-10,13H2,1-2H3;3-4,7-8,11-12,14-16,24-25,31H,1,5-6,9-10,13H2,2H3;2-3,6-7,10-11,13-16,23-24,30-31H,4-5,8-9,12H2,1H3;2-3,6-7,10-11,13-15,23-24,31H,4-5,8-9,12H2,1H3;1H3;1H;/q;;;;-1;;+2/p-1/t22-,23-;24-,25-;16?,23-,24-;23-,24-;;;/m0000.../s1. The van der Waals surface area contributed by atoms with Gasteiger partial charge in [-0.25, -0.2) is 19.9 Å². The second-order valence-corrected chi connectivity index (χ2v) is 35.9. The van der Waals surface area contributed by atoms with Crippen molar-refractivity contribution < 1.29 is 52.4 Å². The van der Waals surface area contributed by atoms with Crippen molar-refractivity contribution in [1.29, 1.82) is 0 Å². The summed E-state index contributed by atoms with van der Waals surface area (Å²) in [5, 5.41) is 72.2. The molecule has 6 N–H and O–H groups in total. The SMILES string of the molecule is C=C(C)c1ccc(Cc2cc3c(=O)n([C@H]4CCCC[C@@H]4O)cnc3c3ccccc23)cn1.CC(=O)c1ccc(Cc2cc3c(=O)n([C@H]4CCCC[C@@H]4O)cnc3c3ccccc23)cn1.CC(C)(O)c1ccc(Cc2cc3c(=O)n([C@H]4CCCC[C@@H]4O)cnc3c3ccccc23)cn1.CC(O)c1ccc(Cc2cc3c(=O)n([C@H]4CCCC[C@@H]4O)cnc3c3ccccc23)cn1.[Br-].[CH3-].[Mg+2]. The first-order valence-corrected chi connectivity index (χ1v) is 45.2. The van der Waals surface area contributed by atoms with E-state index in [0.717, 1.165) is 182 Å². The van der Waals surface area contributed by atoms with Gasteiger partial charge in [0.25, 0.3) is 22.2 Å². The van der Waals surface area contributed by atoms with Crippen LogP contribution in [0.1, 0.15) is 240 Å². The zero-order chi connectivity index (χ0) is 89.9. The molecule has 0 aliphatic heterocycles. The molecule has 4 aliphatic rings. The molecule has 0 amide bonds. The Bertz CT molecular complexity index is 6950. The first-order valence-electron chi connectivity index (χ1n) is 45.2. The van der Waals surface area contributed by atoms with Gasteiger partial charge in [-0.05, 0) is 225 Å². The summed E-state index contributed by atoms with van der Waals surface area (Å²) in [6, 6.07) is 54.3. The van der Waals surface area contributed by atoms with E-state index in [9.17, 15) is 54.6 Å². The number of hydrogen-bond acceptors (Lipinski definition) is 19. The van der Waals surface area contributed by atoms with Crippen molar-refractivity contribution in [2.75, 3.05) is 0 Å². The predicted molar refractivity (Wildman–Crippen MR) is 519 cm³/mol. The maximum atomic E-state index is 13.5. The van der Waals surface area contributed by atoms with Crippen LogP contribution < -0.4 is 39.2 Å². The Morgan fingerprint density at radius 1 is 0.379 bits per heavy atom. The van der Waals surface area contributed by atoms with Crippen LogP contribution in [0.3, 0.4) is 0 Å². The van der Waals surface area contributed by atoms with E-state index in [0.29, 0.717) is 106 Å². The van der Waals surface area contributed by atoms with Crippen molar-refractivity contribution in [1.82, 2.24) is 58.1 Å². The quantitative estimate of drug-likeness (QED) is 0.0226. The number of nitrogens with zero attached hydrogens (tertiary/aromatic N) is 12. The molecule has 1 unspecified atom stereocenters. The van der Waals surface area contributed by atoms with Crippen LogP contribution in [-0.2, 0) is 31.3 Å². The van der Waals surface area contributed by atoms with Crippen molar-refractivity contribution in [2.45, 2.75) is 223 Å². The number of aromatic nitrogens is 12. The van der Waals surface area contributed by atoms with Gasteiger partial charge in [-0.2, -0.15) is 0 Å². The number of allylic oxidation sites excluding steroid dienone is 1. The van der Waals surface area contributed by atoms with Gasteiger partial charge in [-0.15, -0.1) is 0 Å². The number of hydrogen-bond donors (Lipinski definition) is 6. The summed E-state index contributed by atoms with van der Waals surface area (Å²) < 4.78 is 6.52. The number of carbonyl (C=O) groups excluding carboxylic acids is 1. The molecule has 20 rings (SSSR count). The maximum Gasteiger partial charge on any atom is 2.00 e. The first kappa shape index (κ1) is 96.4. The number of halogens is 1. The number of ketones is 1. The molecule has 0 radical (unpaired) electrons. The van der Waals surface area contributed by atoms with Crippen LogP contribution in [-0.4, -0.2) is 142 Å². The summed E-state index contributed by atoms with van der Waals surface area (Å²) in [5.74, 6) is -0.0655. The number of carbonyl (C=O) groups is 1. The number of fused-ring (bicyclic) bond motifs is 12. The minimum Gasteiger partial charge on any atom is -1.00 e. The zero-order valence-corrected chi connectivity index (χ0v) is 78.5. The van der Waals surface area contributed by atoms with Gasteiger partial charge in [0.1, 0.15) is 11.3 Å². The molecule has 8 heterocycles. The monoisotopic (exact) mass is 1840 g/mol. The van der Waals surface area contributed by atoms with E-state index in [1.165, 1.54) is 6.92 Å². The van der Waals surface area contributed by atoms with Gasteiger partial charge in [-0.3, -0.25) is 62.2 Å². The van der Waals surface area contributed by atoms with Gasteiger partial charge in [0.15, 0.2) is 5.78 Å². The second kappa shape index (κ2) is 42.1. The molecule has 9 atom stereocenters. The molecule has 0 bridgehead atoms. The maximum absolute atomic E-state index is 13.5. The van der Waals surface area contributed by atoms with E-state index in [4.69, 9.17) is 0 Å². The Labute approximate surface area is 792 Å². The van der Waals surface area contributed by atoms with Crippen LogP contribution in [0.2, 0.25) is 0 Å². The molecular weight excluding hydrogens is 1730 g/mol. The van der Waals surface area contributed by atoms with Crippen LogP contribution >= 0.6 is 0 Å². The van der Waals surface area contributed by atoms with Crippen molar-refractivity contribution in [3.63, 3.8) is 0 Å². The van der Waals surface area contributed by atoms with E-state index < -0.39 is 36.1 Å². The van der Waals surface area contributed by atoms with Gasteiger partial charge in [0.05, 0.1) is 141 Å². The minimum absolute atomic E-state index is 0. The molecule has 4 saturated carbocycles. The third-order valence-corrected chi connectivity index (χ3v) is 26.5. The molecular formula is C107H111BrMgN12O11. The smallest absolute Gasteiger partial charge is 1.00 e. The Morgan fingerprint density at radius 2 is 0.644 bits per heavy atom. The van der Waals surface area contributed by atoms with Crippen LogP contribution in [0.15, 0.2) is 246 Å². The van der Waals surface area contributed by atoms with Gasteiger partial charge < -0.3 is 55.0 Å². The number of Topliss-reactive ketones (excluding diaryl/α,β-unsaturated/α-hetero) is 1. The number of aliphatic hydroxyl groups is 6. The molecule has 8 aromatic carbocycles. The zero-order valence-electron chi connectivity index (χ0n) is 75.5. The van der Waals surface area contributed by atoms with Crippen LogP contribution in [0.25, 0.3) is 92.3 Å². The van der Waals surface area contributed by atoms with E-state index in [2.05, 4.69) is 70.7 Å².